The highest BCUT2D eigenvalue weighted by atomic mass is 16.7. The zero-order valence-electron chi connectivity index (χ0n) is 11.6. The lowest BCUT2D eigenvalue weighted by Gasteiger charge is -2.14. The Kier molecular flexibility index (Phi) is 5.41. The van der Waals surface area contributed by atoms with Crippen LogP contribution in [0.4, 0.5) is 0 Å². The van der Waals surface area contributed by atoms with Crippen molar-refractivity contribution in [2.45, 2.75) is 6.29 Å². The SMILES string of the molecule is COC(COc1ccc(Oc2ccccc2)cc1)OC. The number of rotatable bonds is 7. The zero-order chi connectivity index (χ0) is 14.2. The molecule has 0 aliphatic carbocycles. The molecule has 0 saturated carbocycles. The van der Waals surface area contributed by atoms with Gasteiger partial charge in [-0.15, -0.1) is 0 Å². The van der Waals surface area contributed by atoms with Gasteiger partial charge < -0.3 is 18.9 Å². The smallest absolute Gasteiger partial charge is 0.191 e. The lowest BCUT2D eigenvalue weighted by Crippen LogP contribution is -2.21. The molecule has 0 atom stereocenters. The summed E-state index contributed by atoms with van der Waals surface area (Å²) in [6.07, 6.45) is -0.366. The molecule has 2 aromatic carbocycles. The fourth-order valence-electron chi connectivity index (χ4n) is 1.63. The van der Waals surface area contributed by atoms with Gasteiger partial charge in [-0.25, -0.2) is 0 Å². The fraction of sp³-hybridized carbons (Fsp3) is 0.250. The first-order chi connectivity index (χ1) is 9.81. The zero-order valence-corrected chi connectivity index (χ0v) is 11.6. The number of hydrogen-bond donors (Lipinski definition) is 0. The Morgan fingerprint density at radius 2 is 1.30 bits per heavy atom. The van der Waals surface area contributed by atoms with E-state index in [1.807, 2.05) is 54.6 Å². The summed E-state index contributed by atoms with van der Waals surface area (Å²) in [5.74, 6) is 2.31. The van der Waals surface area contributed by atoms with Gasteiger partial charge in [-0.1, -0.05) is 18.2 Å². The number of ether oxygens (including phenoxy) is 4. The molecule has 4 heteroatoms. The van der Waals surface area contributed by atoms with Crippen molar-refractivity contribution in [2.24, 2.45) is 0 Å². The van der Waals surface area contributed by atoms with Crippen molar-refractivity contribution in [1.82, 2.24) is 0 Å². The molecule has 0 aliphatic rings. The Balaban J connectivity index is 1.90. The van der Waals surface area contributed by atoms with E-state index in [1.165, 1.54) is 0 Å². The lowest BCUT2D eigenvalue weighted by molar-refractivity contribution is -0.121. The molecule has 0 saturated heterocycles. The van der Waals surface area contributed by atoms with Gasteiger partial charge in [0.2, 0.25) is 0 Å². The van der Waals surface area contributed by atoms with Crippen molar-refractivity contribution < 1.29 is 18.9 Å². The van der Waals surface area contributed by atoms with Crippen LogP contribution in [0.3, 0.4) is 0 Å². The second-order valence-corrected chi connectivity index (χ2v) is 4.10. The number of para-hydroxylation sites is 1. The van der Waals surface area contributed by atoms with E-state index in [0.29, 0.717) is 6.61 Å². The molecule has 0 unspecified atom stereocenters. The van der Waals surface area contributed by atoms with Crippen LogP contribution in [0.25, 0.3) is 0 Å². The highest BCUT2D eigenvalue weighted by molar-refractivity contribution is 5.35. The van der Waals surface area contributed by atoms with Gasteiger partial charge in [-0.05, 0) is 36.4 Å². The maximum absolute atomic E-state index is 5.70. The van der Waals surface area contributed by atoms with E-state index in [2.05, 4.69) is 0 Å². The van der Waals surface area contributed by atoms with Crippen LogP contribution in [0.2, 0.25) is 0 Å². The van der Waals surface area contributed by atoms with Gasteiger partial charge in [-0.2, -0.15) is 0 Å². The predicted octanol–water partition coefficient (Wildman–Crippen LogP) is 3.48. The first-order valence-corrected chi connectivity index (χ1v) is 6.33. The van der Waals surface area contributed by atoms with E-state index >= 15 is 0 Å². The molecule has 0 spiro atoms. The Bertz CT molecular complexity index is 492. The van der Waals surface area contributed by atoms with Gasteiger partial charge in [0.15, 0.2) is 6.29 Å². The summed E-state index contributed by atoms with van der Waals surface area (Å²) in [5.41, 5.74) is 0. The third-order valence-electron chi connectivity index (χ3n) is 2.71. The van der Waals surface area contributed by atoms with Crippen molar-refractivity contribution in [3.05, 3.63) is 54.6 Å². The summed E-state index contributed by atoms with van der Waals surface area (Å²) in [7, 11) is 3.16. The highest BCUT2D eigenvalue weighted by Gasteiger charge is 2.06. The molecule has 0 N–H and O–H groups in total. The van der Waals surface area contributed by atoms with Crippen LogP contribution in [0.15, 0.2) is 54.6 Å². The minimum absolute atomic E-state index is 0.339. The summed E-state index contributed by atoms with van der Waals surface area (Å²) < 4.78 is 21.3. The molecular formula is C16H18O4. The monoisotopic (exact) mass is 274 g/mol. The molecule has 2 rings (SSSR count). The normalized spacial score (nSPS) is 10.6. The van der Waals surface area contributed by atoms with Gasteiger partial charge in [0.25, 0.3) is 0 Å². The first kappa shape index (κ1) is 14.4. The van der Waals surface area contributed by atoms with Crippen LogP contribution in [0.1, 0.15) is 0 Å². The maximum atomic E-state index is 5.70. The van der Waals surface area contributed by atoms with Crippen LogP contribution in [0, 0.1) is 0 Å². The van der Waals surface area contributed by atoms with E-state index < -0.39 is 0 Å². The highest BCUT2D eigenvalue weighted by Crippen LogP contribution is 2.23. The summed E-state index contributed by atoms with van der Waals surface area (Å²) in [6.45, 7) is 0.339. The van der Waals surface area contributed by atoms with Crippen molar-refractivity contribution in [2.75, 3.05) is 20.8 Å². The Morgan fingerprint density at radius 3 is 1.90 bits per heavy atom. The quantitative estimate of drug-likeness (QED) is 0.724. The van der Waals surface area contributed by atoms with E-state index in [4.69, 9.17) is 18.9 Å². The predicted molar refractivity (Wildman–Crippen MR) is 76.3 cm³/mol. The summed E-state index contributed by atoms with van der Waals surface area (Å²) >= 11 is 0. The lowest BCUT2D eigenvalue weighted by atomic mass is 10.3. The van der Waals surface area contributed by atoms with Gasteiger partial charge in [0, 0.05) is 14.2 Å². The third kappa shape index (κ3) is 4.26. The molecule has 0 fully saturated rings. The minimum Gasteiger partial charge on any atom is -0.488 e. The molecule has 4 nitrogen and oxygen atoms in total. The van der Waals surface area contributed by atoms with Crippen molar-refractivity contribution in [1.29, 1.82) is 0 Å². The largest absolute Gasteiger partial charge is 0.488 e. The van der Waals surface area contributed by atoms with Crippen LogP contribution in [-0.2, 0) is 9.47 Å². The Labute approximate surface area is 118 Å². The first-order valence-electron chi connectivity index (χ1n) is 6.33. The molecule has 0 radical (unpaired) electrons. The van der Waals surface area contributed by atoms with E-state index in [0.717, 1.165) is 17.2 Å². The molecule has 0 heterocycles. The second kappa shape index (κ2) is 7.53. The van der Waals surface area contributed by atoms with Gasteiger partial charge in [-0.3, -0.25) is 0 Å². The standard InChI is InChI=1S/C16H18O4/c1-17-16(18-2)12-19-13-8-10-15(11-9-13)20-14-6-4-3-5-7-14/h3-11,16H,12H2,1-2H3. The van der Waals surface area contributed by atoms with Crippen LogP contribution in [-0.4, -0.2) is 27.1 Å². The molecule has 2 aromatic rings. The number of methoxy groups -OCH3 is 2. The number of benzene rings is 2. The molecule has 0 bridgehead atoms. The summed E-state index contributed by atoms with van der Waals surface area (Å²) in [4.78, 5) is 0. The molecule has 20 heavy (non-hydrogen) atoms. The molecule has 106 valence electrons. The van der Waals surface area contributed by atoms with Gasteiger partial charge >= 0.3 is 0 Å². The van der Waals surface area contributed by atoms with Crippen molar-refractivity contribution in [3.8, 4) is 17.2 Å². The summed E-state index contributed by atoms with van der Waals surface area (Å²) in [6, 6.07) is 17.0. The number of hydrogen-bond acceptors (Lipinski definition) is 4. The van der Waals surface area contributed by atoms with E-state index in [-0.39, 0.29) is 6.29 Å². The minimum atomic E-state index is -0.366. The van der Waals surface area contributed by atoms with Crippen molar-refractivity contribution >= 4 is 0 Å². The van der Waals surface area contributed by atoms with Crippen LogP contribution >= 0.6 is 0 Å². The Morgan fingerprint density at radius 1 is 0.750 bits per heavy atom. The van der Waals surface area contributed by atoms with Crippen molar-refractivity contribution in [3.63, 3.8) is 0 Å². The molecule has 0 aliphatic heterocycles. The van der Waals surface area contributed by atoms with Crippen LogP contribution < -0.4 is 9.47 Å². The summed E-state index contributed by atoms with van der Waals surface area (Å²) in [5, 5.41) is 0. The maximum Gasteiger partial charge on any atom is 0.191 e. The molecule has 0 amide bonds. The average Bonchev–Trinajstić information content (AvgIpc) is 2.51. The average molecular weight is 274 g/mol. The fourth-order valence-corrected chi connectivity index (χ4v) is 1.63. The van der Waals surface area contributed by atoms with Gasteiger partial charge in [0.1, 0.15) is 23.9 Å². The van der Waals surface area contributed by atoms with Crippen LogP contribution in [0.5, 0.6) is 17.2 Å². The third-order valence-corrected chi connectivity index (χ3v) is 2.71. The topological polar surface area (TPSA) is 36.9 Å². The van der Waals surface area contributed by atoms with E-state index in [9.17, 15) is 0 Å². The molecule has 0 aromatic heterocycles. The second-order valence-electron chi connectivity index (χ2n) is 4.10. The Hall–Kier alpha value is -2.04. The van der Waals surface area contributed by atoms with Gasteiger partial charge in [0.05, 0.1) is 0 Å². The molecular weight excluding hydrogens is 256 g/mol. The van der Waals surface area contributed by atoms with E-state index in [1.54, 1.807) is 14.2 Å².